The molecule has 22 heavy (non-hydrogen) atoms. The van der Waals surface area contributed by atoms with Crippen LogP contribution in [-0.4, -0.2) is 30.8 Å². The maximum Gasteiger partial charge on any atom is 0.323 e. The molecule has 4 atom stereocenters. The third kappa shape index (κ3) is 4.27. The SMILES string of the molecule is CC[C@H]1OCC[C@H](N)C(=O)O[C@@H](C)[C@@H]1Cc1ccc(F)cc1. The van der Waals surface area contributed by atoms with E-state index in [-0.39, 0.29) is 29.9 Å². The van der Waals surface area contributed by atoms with Crippen LogP contribution in [-0.2, 0) is 20.7 Å². The van der Waals surface area contributed by atoms with Gasteiger partial charge in [0.25, 0.3) is 0 Å². The van der Waals surface area contributed by atoms with Crippen LogP contribution in [0.15, 0.2) is 24.3 Å². The van der Waals surface area contributed by atoms with Gasteiger partial charge in [0.05, 0.1) is 6.10 Å². The zero-order valence-corrected chi connectivity index (χ0v) is 13.1. The molecule has 2 N–H and O–H groups in total. The number of carbonyl (C=O) groups is 1. The van der Waals surface area contributed by atoms with E-state index in [1.165, 1.54) is 12.1 Å². The summed E-state index contributed by atoms with van der Waals surface area (Å²) in [7, 11) is 0. The summed E-state index contributed by atoms with van der Waals surface area (Å²) < 4.78 is 24.5. The Labute approximate surface area is 130 Å². The van der Waals surface area contributed by atoms with Crippen LogP contribution in [0.2, 0.25) is 0 Å². The van der Waals surface area contributed by atoms with E-state index in [0.717, 1.165) is 12.0 Å². The molecule has 2 rings (SSSR count). The lowest BCUT2D eigenvalue weighted by atomic mass is 9.88. The third-order valence-electron chi connectivity index (χ3n) is 4.23. The van der Waals surface area contributed by atoms with Gasteiger partial charge >= 0.3 is 5.97 Å². The maximum absolute atomic E-state index is 13.0. The van der Waals surface area contributed by atoms with E-state index < -0.39 is 6.04 Å². The van der Waals surface area contributed by atoms with E-state index >= 15 is 0 Å². The molecule has 0 bridgehead atoms. The zero-order valence-electron chi connectivity index (χ0n) is 13.1. The van der Waals surface area contributed by atoms with Gasteiger partial charge in [-0.1, -0.05) is 19.1 Å². The fourth-order valence-electron chi connectivity index (χ4n) is 2.86. The molecule has 1 heterocycles. The maximum atomic E-state index is 13.0. The van der Waals surface area contributed by atoms with Crippen molar-refractivity contribution in [2.45, 2.75) is 51.4 Å². The van der Waals surface area contributed by atoms with Gasteiger partial charge < -0.3 is 15.2 Å². The Kier molecular flexibility index (Phi) is 5.91. The minimum absolute atomic E-state index is 0.0156. The molecule has 1 aromatic carbocycles. The van der Waals surface area contributed by atoms with Gasteiger partial charge in [0.1, 0.15) is 18.0 Å². The van der Waals surface area contributed by atoms with Gasteiger partial charge in [-0.15, -0.1) is 0 Å². The molecule has 1 aliphatic heterocycles. The molecule has 1 saturated heterocycles. The monoisotopic (exact) mass is 309 g/mol. The molecule has 0 radical (unpaired) electrons. The van der Waals surface area contributed by atoms with Gasteiger partial charge in [0, 0.05) is 12.5 Å². The average Bonchev–Trinajstić information content (AvgIpc) is 2.54. The summed E-state index contributed by atoms with van der Waals surface area (Å²) in [5, 5.41) is 0. The van der Waals surface area contributed by atoms with Crippen molar-refractivity contribution in [2.75, 3.05) is 6.61 Å². The lowest BCUT2D eigenvalue weighted by Crippen LogP contribution is -2.38. The van der Waals surface area contributed by atoms with Crippen LogP contribution in [0.3, 0.4) is 0 Å². The highest BCUT2D eigenvalue weighted by molar-refractivity contribution is 5.75. The van der Waals surface area contributed by atoms with Crippen LogP contribution in [0.1, 0.15) is 32.3 Å². The molecule has 0 unspecified atom stereocenters. The molecule has 1 fully saturated rings. The number of carbonyl (C=O) groups excluding carboxylic acids is 1. The fraction of sp³-hybridized carbons (Fsp3) is 0.588. The Hall–Kier alpha value is -1.46. The average molecular weight is 309 g/mol. The normalized spacial score (nSPS) is 30.1. The zero-order chi connectivity index (χ0) is 16.1. The summed E-state index contributed by atoms with van der Waals surface area (Å²) in [6, 6.07) is 5.77. The van der Waals surface area contributed by atoms with Crippen LogP contribution in [0.4, 0.5) is 4.39 Å². The van der Waals surface area contributed by atoms with Crippen molar-refractivity contribution in [3.05, 3.63) is 35.6 Å². The van der Waals surface area contributed by atoms with Gasteiger partial charge in [0.2, 0.25) is 0 Å². The number of hydrogen-bond acceptors (Lipinski definition) is 4. The van der Waals surface area contributed by atoms with Gasteiger partial charge in [-0.05, 0) is 43.9 Å². The van der Waals surface area contributed by atoms with Crippen molar-refractivity contribution < 1.29 is 18.7 Å². The molecular formula is C17H24FNO3. The van der Waals surface area contributed by atoms with Crippen LogP contribution in [0, 0.1) is 11.7 Å². The molecule has 0 aliphatic carbocycles. The predicted octanol–water partition coefficient (Wildman–Crippen LogP) is 2.44. The Bertz CT molecular complexity index is 491. The molecule has 0 saturated carbocycles. The number of halogens is 1. The number of ether oxygens (including phenoxy) is 2. The molecule has 0 aromatic heterocycles. The Morgan fingerprint density at radius 3 is 2.64 bits per heavy atom. The first-order chi connectivity index (χ1) is 10.5. The summed E-state index contributed by atoms with van der Waals surface area (Å²) in [4.78, 5) is 11.9. The second-order valence-electron chi connectivity index (χ2n) is 5.85. The molecule has 122 valence electrons. The minimum atomic E-state index is -0.635. The van der Waals surface area contributed by atoms with Crippen LogP contribution < -0.4 is 5.73 Å². The molecule has 1 aromatic rings. The van der Waals surface area contributed by atoms with Crippen molar-refractivity contribution in [1.29, 1.82) is 0 Å². The van der Waals surface area contributed by atoms with Crippen molar-refractivity contribution in [2.24, 2.45) is 11.7 Å². The van der Waals surface area contributed by atoms with Crippen LogP contribution >= 0.6 is 0 Å². The third-order valence-corrected chi connectivity index (χ3v) is 4.23. The lowest BCUT2D eigenvalue weighted by Gasteiger charge is -2.30. The van der Waals surface area contributed by atoms with Gasteiger partial charge in [0.15, 0.2) is 0 Å². The minimum Gasteiger partial charge on any atom is -0.461 e. The highest BCUT2D eigenvalue weighted by Gasteiger charge is 2.32. The summed E-state index contributed by atoms with van der Waals surface area (Å²) in [6.45, 7) is 4.37. The van der Waals surface area contributed by atoms with E-state index in [1.54, 1.807) is 12.1 Å². The van der Waals surface area contributed by atoms with Gasteiger partial charge in [-0.3, -0.25) is 4.79 Å². The second kappa shape index (κ2) is 7.70. The Morgan fingerprint density at radius 2 is 2.00 bits per heavy atom. The van der Waals surface area contributed by atoms with Crippen molar-refractivity contribution in [1.82, 2.24) is 0 Å². The van der Waals surface area contributed by atoms with Crippen LogP contribution in [0.25, 0.3) is 0 Å². The lowest BCUT2D eigenvalue weighted by molar-refractivity contribution is -0.153. The van der Waals surface area contributed by atoms with Gasteiger partial charge in [-0.2, -0.15) is 0 Å². The molecular weight excluding hydrogens is 285 g/mol. The first-order valence-corrected chi connectivity index (χ1v) is 7.83. The number of cyclic esters (lactones) is 1. The first kappa shape index (κ1) is 16.9. The highest BCUT2D eigenvalue weighted by atomic mass is 19.1. The summed E-state index contributed by atoms with van der Waals surface area (Å²) in [6.07, 6.45) is 1.64. The number of benzene rings is 1. The number of hydrogen-bond donors (Lipinski definition) is 1. The summed E-state index contributed by atoms with van der Waals surface area (Å²) >= 11 is 0. The van der Waals surface area contributed by atoms with Crippen molar-refractivity contribution >= 4 is 5.97 Å². The van der Waals surface area contributed by atoms with E-state index in [0.29, 0.717) is 19.4 Å². The quantitative estimate of drug-likeness (QED) is 0.871. The van der Waals surface area contributed by atoms with Crippen molar-refractivity contribution in [3.8, 4) is 0 Å². The van der Waals surface area contributed by atoms with E-state index in [2.05, 4.69) is 6.92 Å². The highest BCUT2D eigenvalue weighted by Crippen LogP contribution is 2.25. The number of esters is 1. The van der Waals surface area contributed by atoms with Gasteiger partial charge in [-0.25, -0.2) is 4.39 Å². The standard InChI is InChI=1S/C17H24FNO3/c1-3-16-14(10-12-4-6-13(18)7-5-12)11(2)22-17(20)15(19)8-9-21-16/h4-7,11,14-16H,3,8-10,19H2,1-2H3/t11-,14-,15-,16+/m0/s1. The summed E-state index contributed by atoms with van der Waals surface area (Å²) in [5.41, 5.74) is 6.78. The molecule has 0 spiro atoms. The molecule has 5 heteroatoms. The number of nitrogens with two attached hydrogens (primary N) is 1. The Balaban J connectivity index is 2.18. The molecule has 4 nitrogen and oxygen atoms in total. The predicted molar refractivity (Wildman–Crippen MR) is 81.8 cm³/mol. The molecule has 0 amide bonds. The van der Waals surface area contributed by atoms with Crippen molar-refractivity contribution in [3.63, 3.8) is 0 Å². The van der Waals surface area contributed by atoms with E-state index in [1.807, 2.05) is 6.92 Å². The largest absolute Gasteiger partial charge is 0.461 e. The van der Waals surface area contributed by atoms with E-state index in [4.69, 9.17) is 15.2 Å². The Morgan fingerprint density at radius 1 is 1.32 bits per heavy atom. The molecule has 1 aliphatic rings. The smallest absolute Gasteiger partial charge is 0.323 e. The topological polar surface area (TPSA) is 61.5 Å². The van der Waals surface area contributed by atoms with Crippen LogP contribution in [0.5, 0.6) is 0 Å². The number of rotatable bonds is 3. The fourth-order valence-corrected chi connectivity index (χ4v) is 2.86. The second-order valence-corrected chi connectivity index (χ2v) is 5.85. The van der Waals surface area contributed by atoms with E-state index in [9.17, 15) is 9.18 Å². The summed E-state index contributed by atoms with van der Waals surface area (Å²) in [5.74, 6) is -0.617. The first-order valence-electron chi connectivity index (χ1n) is 7.83.